The largest absolute Gasteiger partial charge is 0.488 e. The summed E-state index contributed by atoms with van der Waals surface area (Å²) in [5.41, 5.74) is 4.76. The molecule has 0 saturated heterocycles. The SMILES string of the molecule is C[C@H](CO)N1C[C@H](C)[C@H](CN(C)Cc2ccc(-c3ccccc3)cc2)Oc2ccc(NC(=O)Cn3cnnn3)cc2CC1=O. The highest BCUT2D eigenvalue weighted by Gasteiger charge is 2.31. The van der Waals surface area contributed by atoms with E-state index >= 15 is 0 Å². The summed E-state index contributed by atoms with van der Waals surface area (Å²) in [5, 5.41) is 23.6. The van der Waals surface area contributed by atoms with Crippen LogP contribution in [0.5, 0.6) is 5.75 Å². The molecule has 5 rings (SSSR count). The number of ether oxygens (including phenoxy) is 1. The maximum absolute atomic E-state index is 13.5. The number of aliphatic hydroxyl groups is 1. The van der Waals surface area contributed by atoms with Gasteiger partial charge in [-0.05, 0) is 59.3 Å². The van der Waals surface area contributed by atoms with Gasteiger partial charge in [-0.1, -0.05) is 61.5 Å². The van der Waals surface area contributed by atoms with Gasteiger partial charge in [-0.2, -0.15) is 0 Å². The van der Waals surface area contributed by atoms with Crippen molar-refractivity contribution < 1.29 is 19.4 Å². The zero-order valence-corrected chi connectivity index (χ0v) is 25.3. The summed E-state index contributed by atoms with van der Waals surface area (Å²) < 4.78 is 7.97. The molecule has 2 heterocycles. The Labute approximate surface area is 257 Å². The number of fused-ring (bicyclic) bond motifs is 1. The number of amides is 2. The summed E-state index contributed by atoms with van der Waals surface area (Å²) in [6.07, 6.45) is 1.21. The van der Waals surface area contributed by atoms with Crippen LogP contribution in [0.15, 0.2) is 79.1 Å². The number of nitrogens with zero attached hydrogens (tertiary/aromatic N) is 6. The van der Waals surface area contributed by atoms with Crippen molar-refractivity contribution in [1.82, 2.24) is 30.0 Å². The average Bonchev–Trinajstić information content (AvgIpc) is 3.54. The maximum atomic E-state index is 13.5. The number of likely N-dealkylation sites (N-methyl/N-ethyl adjacent to an activating group) is 1. The van der Waals surface area contributed by atoms with Crippen LogP contribution in [-0.2, 0) is 29.1 Å². The van der Waals surface area contributed by atoms with Crippen molar-refractivity contribution in [3.05, 3.63) is 90.3 Å². The van der Waals surface area contributed by atoms with Crippen molar-refractivity contribution in [2.24, 2.45) is 5.92 Å². The van der Waals surface area contributed by atoms with Gasteiger partial charge in [-0.25, -0.2) is 4.68 Å². The Morgan fingerprint density at radius 2 is 1.86 bits per heavy atom. The molecule has 0 fully saturated rings. The van der Waals surface area contributed by atoms with Gasteiger partial charge in [0.2, 0.25) is 11.8 Å². The number of anilines is 1. The molecule has 0 bridgehead atoms. The molecule has 11 nitrogen and oxygen atoms in total. The number of carbonyl (C=O) groups excluding carboxylic acids is 2. The van der Waals surface area contributed by atoms with Crippen molar-refractivity contribution in [2.75, 3.05) is 32.1 Å². The topological polar surface area (TPSA) is 126 Å². The molecule has 44 heavy (non-hydrogen) atoms. The number of aromatic nitrogens is 4. The first-order valence-corrected chi connectivity index (χ1v) is 14.8. The Hall–Kier alpha value is -4.61. The van der Waals surface area contributed by atoms with Crippen LogP contribution in [0, 0.1) is 5.92 Å². The third-order valence-corrected chi connectivity index (χ3v) is 7.90. The lowest BCUT2D eigenvalue weighted by Gasteiger charge is -2.34. The van der Waals surface area contributed by atoms with Crippen molar-refractivity contribution in [3.63, 3.8) is 0 Å². The number of nitrogens with one attached hydrogen (secondary N) is 1. The quantitative estimate of drug-likeness (QED) is 0.285. The first-order valence-electron chi connectivity index (χ1n) is 14.8. The summed E-state index contributed by atoms with van der Waals surface area (Å²) in [6.45, 7) is 5.56. The molecule has 0 radical (unpaired) electrons. The Morgan fingerprint density at radius 3 is 2.57 bits per heavy atom. The minimum Gasteiger partial charge on any atom is -0.488 e. The van der Waals surface area contributed by atoms with E-state index in [2.05, 4.69) is 76.1 Å². The molecule has 4 aromatic rings. The van der Waals surface area contributed by atoms with Gasteiger partial charge in [0.05, 0.1) is 19.1 Å². The van der Waals surface area contributed by atoms with E-state index in [1.54, 1.807) is 17.0 Å². The zero-order valence-electron chi connectivity index (χ0n) is 25.3. The third-order valence-electron chi connectivity index (χ3n) is 7.90. The summed E-state index contributed by atoms with van der Waals surface area (Å²) in [4.78, 5) is 30.0. The van der Waals surface area contributed by atoms with Crippen LogP contribution in [0.25, 0.3) is 11.1 Å². The van der Waals surface area contributed by atoms with Crippen LogP contribution < -0.4 is 10.1 Å². The van der Waals surface area contributed by atoms with E-state index in [4.69, 9.17) is 4.74 Å². The van der Waals surface area contributed by atoms with Gasteiger partial charge in [-0.15, -0.1) is 5.10 Å². The molecule has 0 aliphatic carbocycles. The Balaban J connectivity index is 1.33. The lowest BCUT2D eigenvalue weighted by molar-refractivity contribution is -0.134. The summed E-state index contributed by atoms with van der Waals surface area (Å²) in [6, 6.07) is 23.9. The predicted molar refractivity (Wildman–Crippen MR) is 167 cm³/mol. The van der Waals surface area contributed by atoms with Crippen molar-refractivity contribution >= 4 is 17.5 Å². The lowest BCUT2D eigenvalue weighted by atomic mass is 10.0. The van der Waals surface area contributed by atoms with Gasteiger partial charge in [-0.3, -0.25) is 14.5 Å². The standard InChI is InChI=1S/C33H39N7O4/c1-23-17-40(24(2)21-41)33(43)16-28-15-29(35-32(42)20-39-22-34-36-37-39)13-14-30(28)44-31(23)19-38(3)18-25-9-11-27(12-10-25)26-7-5-4-6-8-26/h4-15,22-24,31,41H,16-21H2,1-3H3,(H,35,42)/t23-,24+,31-/m0/s1. The smallest absolute Gasteiger partial charge is 0.246 e. The molecule has 0 unspecified atom stereocenters. The molecule has 0 spiro atoms. The number of carbonyl (C=O) groups is 2. The normalized spacial score (nSPS) is 17.7. The van der Waals surface area contributed by atoms with E-state index in [1.165, 1.54) is 27.7 Å². The predicted octanol–water partition coefficient (Wildman–Crippen LogP) is 3.26. The minimum absolute atomic E-state index is 0.0162. The van der Waals surface area contributed by atoms with Crippen LogP contribution in [-0.4, -0.2) is 85.8 Å². The molecular weight excluding hydrogens is 558 g/mol. The third kappa shape index (κ3) is 7.86. The Morgan fingerprint density at radius 1 is 1.11 bits per heavy atom. The Bertz CT molecular complexity index is 1530. The molecule has 1 aromatic heterocycles. The molecule has 3 atom stereocenters. The Kier molecular flexibility index (Phi) is 9.98. The molecule has 3 aromatic carbocycles. The highest BCUT2D eigenvalue weighted by Crippen LogP contribution is 2.29. The fourth-order valence-corrected chi connectivity index (χ4v) is 5.44. The van der Waals surface area contributed by atoms with Gasteiger partial charge in [0.1, 0.15) is 24.7 Å². The van der Waals surface area contributed by atoms with Crippen molar-refractivity contribution in [3.8, 4) is 16.9 Å². The number of tetrazole rings is 1. The van der Waals surface area contributed by atoms with Crippen LogP contribution in [0.3, 0.4) is 0 Å². The zero-order chi connectivity index (χ0) is 31.1. The van der Waals surface area contributed by atoms with E-state index in [0.717, 1.165) is 6.54 Å². The number of rotatable bonds is 10. The maximum Gasteiger partial charge on any atom is 0.246 e. The van der Waals surface area contributed by atoms with E-state index in [-0.39, 0.29) is 49.5 Å². The highest BCUT2D eigenvalue weighted by molar-refractivity contribution is 5.91. The molecular formula is C33H39N7O4. The van der Waals surface area contributed by atoms with E-state index in [1.807, 2.05) is 31.2 Å². The second-order valence-electron chi connectivity index (χ2n) is 11.5. The average molecular weight is 598 g/mol. The first kappa shape index (κ1) is 30.8. The summed E-state index contributed by atoms with van der Waals surface area (Å²) in [7, 11) is 2.07. The van der Waals surface area contributed by atoms with Gasteiger partial charge in [0.25, 0.3) is 0 Å². The van der Waals surface area contributed by atoms with Crippen molar-refractivity contribution in [2.45, 2.75) is 45.5 Å². The van der Waals surface area contributed by atoms with Crippen LogP contribution in [0.2, 0.25) is 0 Å². The second-order valence-corrected chi connectivity index (χ2v) is 11.5. The molecule has 0 saturated carbocycles. The first-order chi connectivity index (χ1) is 21.3. The summed E-state index contributed by atoms with van der Waals surface area (Å²) >= 11 is 0. The molecule has 1 aliphatic rings. The second kappa shape index (κ2) is 14.2. The van der Waals surface area contributed by atoms with Crippen molar-refractivity contribution in [1.29, 1.82) is 0 Å². The molecule has 11 heteroatoms. The number of benzene rings is 3. The van der Waals surface area contributed by atoms with Crippen LogP contribution in [0.4, 0.5) is 5.69 Å². The summed E-state index contributed by atoms with van der Waals surface area (Å²) in [5.74, 6) is 0.186. The van der Waals surface area contributed by atoms with Gasteiger partial charge in [0, 0.05) is 36.8 Å². The fourth-order valence-electron chi connectivity index (χ4n) is 5.44. The molecule has 2 amide bonds. The molecule has 1 aliphatic heterocycles. The van der Waals surface area contributed by atoms with Gasteiger partial charge < -0.3 is 20.1 Å². The van der Waals surface area contributed by atoms with E-state index < -0.39 is 0 Å². The number of aliphatic hydroxyl groups excluding tert-OH is 1. The molecule has 230 valence electrons. The van der Waals surface area contributed by atoms with Gasteiger partial charge >= 0.3 is 0 Å². The molecule has 2 N–H and O–H groups in total. The number of hydrogen-bond donors (Lipinski definition) is 2. The van der Waals surface area contributed by atoms with E-state index in [0.29, 0.717) is 30.1 Å². The highest BCUT2D eigenvalue weighted by atomic mass is 16.5. The van der Waals surface area contributed by atoms with E-state index in [9.17, 15) is 14.7 Å². The van der Waals surface area contributed by atoms with Gasteiger partial charge in [0.15, 0.2) is 0 Å². The monoisotopic (exact) mass is 597 g/mol. The minimum atomic E-state index is -0.341. The fraction of sp³-hybridized carbons (Fsp3) is 0.364. The lowest BCUT2D eigenvalue weighted by Crippen LogP contribution is -2.47. The van der Waals surface area contributed by atoms with Crippen LogP contribution >= 0.6 is 0 Å². The van der Waals surface area contributed by atoms with Crippen LogP contribution in [0.1, 0.15) is 25.0 Å². The number of hydrogen-bond acceptors (Lipinski definition) is 8.